The van der Waals surface area contributed by atoms with Crippen molar-refractivity contribution in [2.24, 2.45) is 11.8 Å². The fourth-order valence-electron chi connectivity index (χ4n) is 6.59. The molecule has 7 nitrogen and oxygen atoms in total. The topological polar surface area (TPSA) is 88.7 Å². The first kappa shape index (κ1) is 24.4. The summed E-state index contributed by atoms with van der Waals surface area (Å²) in [7, 11) is 2.33. The van der Waals surface area contributed by atoms with Crippen molar-refractivity contribution >= 4 is 27.9 Å². The number of nitrogens with one attached hydrogen (secondary N) is 1. The molecule has 196 valence electrons. The first-order valence-electron chi connectivity index (χ1n) is 14.0. The van der Waals surface area contributed by atoms with Gasteiger partial charge < -0.3 is 20.2 Å². The number of rotatable bonds is 7. The summed E-state index contributed by atoms with van der Waals surface area (Å²) >= 11 is 0. The summed E-state index contributed by atoms with van der Waals surface area (Å²) in [5.41, 5.74) is 10.8. The maximum Gasteiger partial charge on any atom is 0.145 e. The number of imidazole rings is 1. The standard InChI is InChI=1S/C30H41N7/c1-30(2,3)21-7-9-25-26(16-21)35-27(34-25)10-6-19-13-23(14-19)36(4)17-20-5-8-22(15-20)37-12-11-24-28(31)32-18-33-29(24)37/h7,9,11-12,16,18-20,22-23H,5-6,8,10,13-15,17H2,1-4H3,(H,34,35)(H2,31,32,33). The van der Waals surface area contributed by atoms with Crippen LogP contribution >= 0.6 is 0 Å². The molecule has 2 aliphatic rings. The minimum absolute atomic E-state index is 0.159. The summed E-state index contributed by atoms with van der Waals surface area (Å²) in [6.45, 7) is 7.98. The molecule has 0 bridgehead atoms. The second-order valence-corrected chi connectivity index (χ2v) is 12.7. The second-order valence-electron chi connectivity index (χ2n) is 12.7. The van der Waals surface area contributed by atoms with E-state index in [-0.39, 0.29) is 5.41 Å². The second kappa shape index (κ2) is 9.43. The van der Waals surface area contributed by atoms with Crippen molar-refractivity contribution in [2.45, 2.75) is 83.2 Å². The average Bonchev–Trinajstić information content (AvgIpc) is 3.55. The predicted molar refractivity (Wildman–Crippen MR) is 151 cm³/mol. The van der Waals surface area contributed by atoms with Crippen molar-refractivity contribution in [1.29, 1.82) is 0 Å². The minimum atomic E-state index is 0.159. The lowest BCUT2D eigenvalue weighted by molar-refractivity contribution is 0.0828. The van der Waals surface area contributed by atoms with Crippen molar-refractivity contribution in [3.8, 4) is 0 Å². The summed E-state index contributed by atoms with van der Waals surface area (Å²) in [6.07, 6.45) is 12.4. The Bertz CT molecular complexity index is 1390. The highest BCUT2D eigenvalue weighted by atomic mass is 15.1. The van der Waals surface area contributed by atoms with Crippen LogP contribution < -0.4 is 5.73 Å². The molecule has 3 N–H and O–H groups in total. The van der Waals surface area contributed by atoms with E-state index in [1.165, 1.54) is 56.1 Å². The number of aromatic nitrogens is 5. The van der Waals surface area contributed by atoms with E-state index in [4.69, 9.17) is 10.7 Å². The van der Waals surface area contributed by atoms with Crippen LogP contribution in [0.15, 0.2) is 36.8 Å². The van der Waals surface area contributed by atoms with Gasteiger partial charge >= 0.3 is 0 Å². The molecule has 0 amide bonds. The Hall–Kier alpha value is -2.93. The Morgan fingerprint density at radius 1 is 1.08 bits per heavy atom. The molecule has 2 saturated carbocycles. The molecule has 3 heterocycles. The summed E-state index contributed by atoms with van der Waals surface area (Å²) in [4.78, 5) is 19.7. The van der Waals surface area contributed by atoms with Crippen LogP contribution in [0.5, 0.6) is 0 Å². The van der Waals surface area contributed by atoms with Gasteiger partial charge in [0.15, 0.2) is 0 Å². The third kappa shape index (κ3) is 4.86. The number of hydrogen-bond donors (Lipinski definition) is 2. The van der Waals surface area contributed by atoms with Crippen LogP contribution in [-0.2, 0) is 11.8 Å². The van der Waals surface area contributed by atoms with Crippen molar-refractivity contribution < 1.29 is 0 Å². The Kier molecular flexibility index (Phi) is 6.22. The van der Waals surface area contributed by atoms with E-state index < -0.39 is 0 Å². The Labute approximate surface area is 219 Å². The molecule has 37 heavy (non-hydrogen) atoms. The maximum absolute atomic E-state index is 6.04. The van der Waals surface area contributed by atoms with E-state index in [0.29, 0.717) is 11.9 Å². The van der Waals surface area contributed by atoms with Gasteiger partial charge in [0.2, 0.25) is 0 Å². The van der Waals surface area contributed by atoms with E-state index in [0.717, 1.165) is 46.7 Å². The molecular formula is C30H41N7. The molecule has 2 fully saturated rings. The van der Waals surface area contributed by atoms with Gasteiger partial charge in [0.25, 0.3) is 0 Å². The van der Waals surface area contributed by atoms with Gasteiger partial charge in [0, 0.05) is 31.2 Å². The molecule has 4 aromatic rings. The Morgan fingerprint density at radius 2 is 1.92 bits per heavy atom. The normalized spacial score (nSPS) is 24.4. The number of benzene rings is 1. The van der Waals surface area contributed by atoms with Gasteiger partial charge in [0.1, 0.15) is 23.6 Å². The van der Waals surface area contributed by atoms with Crippen LogP contribution in [0.1, 0.15) is 76.7 Å². The number of aryl methyl sites for hydroxylation is 1. The number of nitrogen functional groups attached to an aromatic ring is 1. The average molecular weight is 500 g/mol. The molecule has 1 aromatic carbocycles. The number of nitrogens with zero attached hydrogens (tertiary/aromatic N) is 5. The molecule has 2 aliphatic carbocycles. The first-order chi connectivity index (χ1) is 17.7. The lowest BCUT2D eigenvalue weighted by atomic mass is 9.76. The monoisotopic (exact) mass is 499 g/mol. The molecule has 0 radical (unpaired) electrons. The lowest BCUT2D eigenvalue weighted by Crippen LogP contribution is -2.44. The molecule has 3 aromatic heterocycles. The van der Waals surface area contributed by atoms with E-state index >= 15 is 0 Å². The summed E-state index contributed by atoms with van der Waals surface area (Å²) < 4.78 is 2.33. The van der Waals surface area contributed by atoms with Crippen LogP contribution in [0.4, 0.5) is 5.82 Å². The van der Waals surface area contributed by atoms with Crippen LogP contribution in [0, 0.1) is 11.8 Å². The molecule has 6 rings (SSSR count). The summed E-state index contributed by atoms with van der Waals surface area (Å²) in [6, 6.07) is 9.97. The molecular weight excluding hydrogens is 458 g/mol. The van der Waals surface area contributed by atoms with E-state index in [1.54, 1.807) is 6.33 Å². The van der Waals surface area contributed by atoms with Crippen LogP contribution in [0.3, 0.4) is 0 Å². The molecule has 2 atom stereocenters. The number of hydrogen-bond acceptors (Lipinski definition) is 5. The summed E-state index contributed by atoms with van der Waals surface area (Å²) in [5, 5.41) is 0.973. The number of aromatic amines is 1. The van der Waals surface area contributed by atoms with Crippen molar-refractivity contribution in [3.63, 3.8) is 0 Å². The number of anilines is 1. The largest absolute Gasteiger partial charge is 0.383 e. The van der Waals surface area contributed by atoms with E-state index in [9.17, 15) is 0 Å². The quantitative estimate of drug-likeness (QED) is 0.332. The van der Waals surface area contributed by atoms with Gasteiger partial charge in [-0.2, -0.15) is 0 Å². The highest BCUT2D eigenvalue weighted by Gasteiger charge is 2.34. The first-order valence-corrected chi connectivity index (χ1v) is 14.0. The number of nitrogens with two attached hydrogens (primary N) is 1. The van der Waals surface area contributed by atoms with Gasteiger partial charge in [-0.25, -0.2) is 15.0 Å². The van der Waals surface area contributed by atoms with Crippen LogP contribution in [-0.4, -0.2) is 49.0 Å². The molecule has 7 heteroatoms. The van der Waals surface area contributed by atoms with E-state index in [2.05, 4.69) is 82.7 Å². The van der Waals surface area contributed by atoms with E-state index in [1.807, 2.05) is 0 Å². The zero-order valence-electron chi connectivity index (χ0n) is 22.7. The van der Waals surface area contributed by atoms with Crippen molar-refractivity contribution in [2.75, 3.05) is 19.3 Å². The fourth-order valence-corrected chi connectivity index (χ4v) is 6.59. The van der Waals surface area contributed by atoms with Crippen molar-refractivity contribution in [3.05, 3.63) is 48.2 Å². The molecule has 0 saturated heterocycles. The minimum Gasteiger partial charge on any atom is -0.383 e. The fraction of sp³-hybridized carbons (Fsp3) is 0.567. The highest BCUT2D eigenvalue weighted by Crippen LogP contribution is 2.40. The van der Waals surface area contributed by atoms with Crippen LogP contribution in [0.2, 0.25) is 0 Å². The predicted octanol–water partition coefficient (Wildman–Crippen LogP) is 5.87. The number of H-pyrrole nitrogens is 1. The third-order valence-corrected chi connectivity index (χ3v) is 9.01. The smallest absolute Gasteiger partial charge is 0.145 e. The summed E-state index contributed by atoms with van der Waals surface area (Å²) in [5.74, 6) is 3.28. The maximum atomic E-state index is 6.04. The highest BCUT2D eigenvalue weighted by molar-refractivity contribution is 5.86. The Balaban J connectivity index is 0.972. The van der Waals surface area contributed by atoms with Gasteiger partial charge in [-0.05, 0) is 86.6 Å². The van der Waals surface area contributed by atoms with Gasteiger partial charge in [0.05, 0.1) is 16.4 Å². The third-order valence-electron chi connectivity index (χ3n) is 9.01. The van der Waals surface area contributed by atoms with Crippen molar-refractivity contribution in [1.82, 2.24) is 29.4 Å². The zero-order valence-corrected chi connectivity index (χ0v) is 22.7. The zero-order chi connectivity index (χ0) is 25.7. The Morgan fingerprint density at radius 3 is 2.73 bits per heavy atom. The van der Waals surface area contributed by atoms with Gasteiger partial charge in [-0.15, -0.1) is 0 Å². The number of fused-ring (bicyclic) bond motifs is 2. The SMILES string of the molecule is CN(CC1CCC(n2ccc3c(N)ncnc32)C1)C1CC(CCc2nc3ccc(C(C)(C)C)cc3[nH]2)C1. The van der Waals surface area contributed by atoms with Crippen LogP contribution in [0.25, 0.3) is 22.1 Å². The molecule has 0 aliphatic heterocycles. The molecule has 2 unspecified atom stereocenters. The lowest BCUT2D eigenvalue weighted by Gasteiger charge is -2.42. The molecule has 0 spiro atoms. The van der Waals surface area contributed by atoms with Gasteiger partial charge in [-0.3, -0.25) is 0 Å². The van der Waals surface area contributed by atoms with Gasteiger partial charge in [-0.1, -0.05) is 26.8 Å².